The minimum Gasteiger partial charge on any atom is -0.512 e. The molecule has 0 aromatic carbocycles. The van der Waals surface area contributed by atoms with Gasteiger partial charge in [-0.25, -0.2) is 0 Å². The summed E-state index contributed by atoms with van der Waals surface area (Å²) >= 11 is 0. The third-order valence-electron chi connectivity index (χ3n) is 1.24. The zero-order chi connectivity index (χ0) is 17.6. The van der Waals surface area contributed by atoms with Crippen molar-refractivity contribution < 1.29 is 46.5 Å². The molecule has 22 heavy (non-hydrogen) atoms. The summed E-state index contributed by atoms with van der Waals surface area (Å²) in [5.74, 6) is -0.187. The van der Waals surface area contributed by atoms with E-state index in [2.05, 4.69) is 0 Å². The molecule has 0 aliphatic rings. The van der Waals surface area contributed by atoms with Gasteiger partial charge in [-0.1, -0.05) is 0 Å². The zero-order valence-corrected chi connectivity index (χ0v) is 14.7. The molecular formula is C15H24CoO6. The molecular weight excluding hydrogens is 335 g/mol. The molecule has 0 spiro atoms. The largest absolute Gasteiger partial charge is 0.512 e. The van der Waals surface area contributed by atoms with Gasteiger partial charge >= 0.3 is 0 Å². The number of aliphatic hydroxyl groups is 3. The summed E-state index contributed by atoms with van der Waals surface area (Å²) in [4.78, 5) is 30.1. The first-order valence-corrected chi connectivity index (χ1v) is 6.02. The summed E-state index contributed by atoms with van der Waals surface area (Å²) < 4.78 is 0. The molecule has 0 saturated carbocycles. The van der Waals surface area contributed by atoms with Gasteiger partial charge in [0, 0.05) is 35.0 Å². The molecule has 1 radical (unpaired) electrons. The Hall–Kier alpha value is -1.86. The van der Waals surface area contributed by atoms with Crippen molar-refractivity contribution in [3.63, 3.8) is 0 Å². The van der Waals surface area contributed by atoms with Gasteiger partial charge in [0.1, 0.15) is 0 Å². The molecule has 0 aliphatic heterocycles. The van der Waals surface area contributed by atoms with Gasteiger partial charge in [0.25, 0.3) is 0 Å². The maximum absolute atomic E-state index is 10.0. The van der Waals surface area contributed by atoms with Gasteiger partial charge in [-0.2, -0.15) is 0 Å². The van der Waals surface area contributed by atoms with E-state index in [1.165, 1.54) is 59.8 Å². The van der Waals surface area contributed by atoms with Crippen molar-refractivity contribution in [1.82, 2.24) is 0 Å². The number of hydrogen-bond donors (Lipinski definition) is 3. The molecule has 0 aliphatic carbocycles. The van der Waals surface area contributed by atoms with E-state index in [0.717, 1.165) is 0 Å². The van der Waals surface area contributed by atoms with Crippen LogP contribution >= 0.6 is 0 Å². The Kier molecular flexibility index (Phi) is 22.1. The SMILES string of the molecule is CC(=O)/C=C(/C)O.CC(=O)/C=C(/C)O.CC(=O)/C=C(\C)O.[Co]. The Morgan fingerprint density at radius 3 is 0.682 bits per heavy atom. The first kappa shape index (κ1) is 28.3. The summed E-state index contributed by atoms with van der Waals surface area (Å²) in [6, 6.07) is 0. The van der Waals surface area contributed by atoms with Gasteiger partial charge in [-0.05, 0) is 41.5 Å². The fourth-order valence-electron chi connectivity index (χ4n) is 0.882. The number of rotatable bonds is 3. The van der Waals surface area contributed by atoms with Crippen LogP contribution in [0.2, 0.25) is 0 Å². The smallest absolute Gasteiger partial charge is 0.155 e. The number of aliphatic hydroxyl groups excluding tert-OH is 3. The van der Waals surface area contributed by atoms with E-state index in [4.69, 9.17) is 15.3 Å². The fourth-order valence-corrected chi connectivity index (χ4v) is 0.882. The van der Waals surface area contributed by atoms with Gasteiger partial charge in [0.2, 0.25) is 0 Å². The second-order valence-corrected chi connectivity index (χ2v) is 4.19. The molecule has 0 saturated heterocycles. The van der Waals surface area contributed by atoms with Gasteiger partial charge in [-0.15, -0.1) is 0 Å². The topological polar surface area (TPSA) is 112 Å². The monoisotopic (exact) mass is 359 g/mol. The fraction of sp³-hybridized carbons (Fsp3) is 0.400. The van der Waals surface area contributed by atoms with Crippen LogP contribution in [-0.2, 0) is 31.2 Å². The molecule has 0 aromatic rings. The third-order valence-corrected chi connectivity index (χ3v) is 1.24. The van der Waals surface area contributed by atoms with E-state index in [1.807, 2.05) is 0 Å². The van der Waals surface area contributed by atoms with Crippen molar-refractivity contribution in [2.24, 2.45) is 0 Å². The standard InChI is InChI=1S/3C5H8O2.Co/c3*1-4(6)3-5(2)7;/h3*3,6H,1-2H3;/b4-3+;2*4-3-;. The number of allylic oxidation sites excluding steroid dienone is 6. The number of ketones is 3. The molecule has 0 bridgehead atoms. The molecule has 6 nitrogen and oxygen atoms in total. The molecule has 129 valence electrons. The van der Waals surface area contributed by atoms with Crippen LogP contribution in [0.4, 0.5) is 0 Å². The maximum Gasteiger partial charge on any atom is 0.155 e. The quantitative estimate of drug-likeness (QED) is 0.527. The van der Waals surface area contributed by atoms with Crippen LogP contribution in [0.1, 0.15) is 41.5 Å². The van der Waals surface area contributed by atoms with Gasteiger partial charge in [-0.3, -0.25) is 14.4 Å². The summed E-state index contributed by atoms with van der Waals surface area (Å²) in [6.07, 6.45) is 3.50. The average molecular weight is 359 g/mol. The van der Waals surface area contributed by atoms with Crippen molar-refractivity contribution in [3.05, 3.63) is 35.5 Å². The van der Waals surface area contributed by atoms with Crippen LogP contribution in [0.3, 0.4) is 0 Å². The van der Waals surface area contributed by atoms with Crippen molar-refractivity contribution in [2.45, 2.75) is 41.5 Å². The number of hydrogen-bond acceptors (Lipinski definition) is 6. The second-order valence-electron chi connectivity index (χ2n) is 4.19. The molecule has 7 heteroatoms. The van der Waals surface area contributed by atoms with Crippen LogP contribution < -0.4 is 0 Å². The van der Waals surface area contributed by atoms with Gasteiger partial charge in [0.15, 0.2) is 17.3 Å². The van der Waals surface area contributed by atoms with E-state index < -0.39 is 0 Å². The molecule has 0 amide bonds. The molecule has 0 atom stereocenters. The van der Waals surface area contributed by atoms with E-state index in [9.17, 15) is 14.4 Å². The normalized spacial score (nSPS) is 10.9. The Bertz CT molecular complexity index is 368. The van der Waals surface area contributed by atoms with Crippen molar-refractivity contribution >= 4 is 17.3 Å². The Balaban J connectivity index is -0.000000108. The van der Waals surface area contributed by atoms with E-state index in [0.29, 0.717) is 0 Å². The molecule has 0 heterocycles. The summed E-state index contributed by atoms with van der Waals surface area (Å²) in [6.45, 7) is 8.54. The van der Waals surface area contributed by atoms with Crippen LogP contribution in [-0.4, -0.2) is 32.7 Å². The first-order valence-electron chi connectivity index (χ1n) is 6.02. The van der Waals surface area contributed by atoms with Crippen LogP contribution in [0, 0.1) is 0 Å². The first-order chi connectivity index (χ1) is 9.38. The van der Waals surface area contributed by atoms with Crippen molar-refractivity contribution in [3.8, 4) is 0 Å². The maximum atomic E-state index is 10.0. The zero-order valence-electron chi connectivity index (χ0n) is 13.6. The van der Waals surface area contributed by atoms with E-state index in [-0.39, 0.29) is 51.4 Å². The summed E-state index contributed by atoms with van der Waals surface area (Å²) in [5, 5.41) is 25.1. The predicted octanol–water partition coefficient (Wildman–Crippen LogP) is 3.11. The molecule has 0 aromatic heterocycles. The average Bonchev–Trinajstić information content (AvgIpc) is 2.10. The van der Waals surface area contributed by atoms with Gasteiger partial charge in [0.05, 0.1) is 17.3 Å². The molecule has 0 fully saturated rings. The molecule has 3 N–H and O–H groups in total. The van der Waals surface area contributed by atoms with Crippen molar-refractivity contribution in [1.29, 1.82) is 0 Å². The van der Waals surface area contributed by atoms with Gasteiger partial charge < -0.3 is 15.3 Å². The van der Waals surface area contributed by atoms with Crippen LogP contribution in [0.5, 0.6) is 0 Å². The Morgan fingerprint density at radius 1 is 0.545 bits per heavy atom. The summed E-state index contributed by atoms with van der Waals surface area (Å²) in [7, 11) is 0. The van der Waals surface area contributed by atoms with Crippen LogP contribution in [0.15, 0.2) is 35.5 Å². The minimum absolute atomic E-state index is 0. The molecule has 0 rings (SSSR count). The Morgan fingerprint density at radius 2 is 0.682 bits per heavy atom. The predicted molar refractivity (Wildman–Crippen MR) is 81.2 cm³/mol. The second kappa shape index (κ2) is 17.2. The summed E-state index contributed by atoms with van der Waals surface area (Å²) in [5.41, 5.74) is 0. The number of carbonyl (C=O) groups is 3. The van der Waals surface area contributed by atoms with E-state index in [1.54, 1.807) is 0 Å². The minimum atomic E-state index is -0.125. The Labute approximate surface area is 141 Å². The van der Waals surface area contributed by atoms with Crippen LogP contribution in [0.25, 0.3) is 0 Å². The number of carbonyl (C=O) groups excluding carboxylic acids is 3. The van der Waals surface area contributed by atoms with Crippen molar-refractivity contribution in [2.75, 3.05) is 0 Å². The van der Waals surface area contributed by atoms with E-state index >= 15 is 0 Å². The third kappa shape index (κ3) is 51.8. The molecule has 0 unspecified atom stereocenters.